The Morgan fingerprint density at radius 3 is 2.26 bits per heavy atom. The van der Waals surface area contributed by atoms with Crippen LogP contribution < -0.4 is 14.4 Å². The Bertz CT molecular complexity index is 1440. The lowest BCUT2D eigenvalue weighted by Crippen LogP contribution is -2.52. The summed E-state index contributed by atoms with van der Waals surface area (Å²) in [5.74, 6) is -0.140. The fourth-order valence-electron chi connectivity index (χ4n) is 5.05. The molecule has 0 heterocycles. The first-order valence-corrected chi connectivity index (χ1v) is 16.8. The van der Waals surface area contributed by atoms with Gasteiger partial charge in [-0.3, -0.25) is 13.9 Å². The maximum Gasteiger partial charge on any atom is 0.244 e. The number of anilines is 1. The van der Waals surface area contributed by atoms with Gasteiger partial charge in [0.2, 0.25) is 21.8 Å². The molecule has 0 bridgehead atoms. The molecular weight excluding hydrogens is 618 g/mol. The average molecular weight is 657 g/mol. The molecule has 4 rings (SSSR count). The smallest absolute Gasteiger partial charge is 0.244 e. The zero-order chi connectivity index (χ0) is 30.1. The molecule has 0 radical (unpaired) electrons. The minimum absolute atomic E-state index is 0.0895. The number of nitrogens with one attached hydrogen (secondary N) is 1. The summed E-state index contributed by atoms with van der Waals surface area (Å²) in [5, 5.41) is 3.11. The lowest BCUT2D eigenvalue weighted by molar-refractivity contribution is -0.139. The Labute approximate surface area is 257 Å². The number of halogens is 1. The van der Waals surface area contributed by atoms with Gasteiger partial charge in [-0.15, -0.1) is 0 Å². The number of benzene rings is 3. The molecule has 0 spiro atoms. The van der Waals surface area contributed by atoms with E-state index in [1.54, 1.807) is 31.2 Å². The monoisotopic (exact) mass is 655 g/mol. The average Bonchev–Trinajstić information content (AvgIpc) is 2.98. The van der Waals surface area contributed by atoms with Crippen LogP contribution in [0.4, 0.5) is 5.69 Å². The first kappa shape index (κ1) is 31.6. The number of hydrogen-bond acceptors (Lipinski definition) is 5. The highest BCUT2D eigenvalue weighted by Crippen LogP contribution is 2.24. The molecule has 1 fully saturated rings. The third-order valence-corrected chi connectivity index (χ3v) is 9.05. The van der Waals surface area contributed by atoms with Crippen LogP contribution in [-0.4, -0.2) is 50.0 Å². The number of carbonyl (C=O) groups excluding carboxylic acids is 2. The molecular formula is C32H38BrN3O5S. The van der Waals surface area contributed by atoms with Crippen LogP contribution in [0.1, 0.15) is 50.2 Å². The summed E-state index contributed by atoms with van der Waals surface area (Å²) < 4.78 is 33.5. The van der Waals surface area contributed by atoms with E-state index in [1.807, 2.05) is 54.6 Å². The second-order valence-corrected chi connectivity index (χ2v) is 13.5. The molecule has 0 aromatic heterocycles. The number of carbonyl (C=O) groups is 2. The third kappa shape index (κ3) is 9.06. The van der Waals surface area contributed by atoms with Gasteiger partial charge in [0.05, 0.1) is 11.9 Å². The number of ether oxygens (including phenoxy) is 1. The van der Waals surface area contributed by atoms with Crippen molar-refractivity contribution in [3.05, 3.63) is 94.5 Å². The predicted octanol–water partition coefficient (Wildman–Crippen LogP) is 5.66. The summed E-state index contributed by atoms with van der Waals surface area (Å²) in [7, 11) is -3.83. The van der Waals surface area contributed by atoms with E-state index in [0.29, 0.717) is 18.0 Å². The van der Waals surface area contributed by atoms with Crippen LogP contribution in [-0.2, 0) is 32.8 Å². The van der Waals surface area contributed by atoms with E-state index in [1.165, 1.54) is 4.90 Å². The van der Waals surface area contributed by atoms with Crippen molar-refractivity contribution in [1.82, 2.24) is 10.2 Å². The fourth-order valence-corrected chi connectivity index (χ4v) is 6.34. The molecule has 1 aliphatic carbocycles. The van der Waals surface area contributed by atoms with Gasteiger partial charge in [-0.2, -0.15) is 0 Å². The molecule has 1 atom stereocenters. The Morgan fingerprint density at radius 2 is 1.62 bits per heavy atom. The van der Waals surface area contributed by atoms with Gasteiger partial charge in [-0.05, 0) is 67.3 Å². The number of hydrogen-bond donors (Lipinski definition) is 1. The van der Waals surface area contributed by atoms with Crippen LogP contribution in [0.15, 0.2) is 83.3 Å². The quantitative estimate of drug-likeness (QED) is 0.272. The van der Waals surface area contributed by atoms with Crippen molar-refractivity contribution in [3.8, 4) is 5.75 Å². The molecule has 0 aliphatic heterocycles. The second kappa shape index (κ2) is 14.7. The van der Waals surface area contributed by atoms with Crippen molar-refractivity contribution in [2.75, 3.05) is 17.1 Å². The van der Waals surface area contributed by atoms with E-state index in [0.717, 1.165) is 58.3 Å². The van der Waals surface area contributed by atoms with Gasteiger partial charge in [0.1, 0.15) is 24.9 Å². The zero-order valence-electron chi connectivity index (χ0n) is 24.0. The van der Waals surface area contributed by atoms with Crippen LogP contribution in [0, 0.1) is 0 Å². The summed E-state index contributed by atoms with van der Waals surface area (Å²) in [4.78, 5) is 28.6. The van der Waals surface area contributed by atoms with Crippen LogP contribution in [0.25, 0.3) is 0 Å². The Morgan fingerprint density at radius 1 is 0.952 bits per heavy atom. The normalized spacial score (nSPS) is 14.5. The highest BCUT2D eigenvalue weighted by atomic mass is 79.9. The predicted molar refractivity (Wildman–Crippen MR) is 169 cm³/mol. The standard InChI is InChI=1S/C32H38BrN3O5S/c1-24(32(38)34-28-14-7-4-8-15-28)35(21-26-12-9-13-27(33)20-26)31(37)22-36(42(2,39)40)29-16-18-30(19-17-29)41-23-25-10-5-3-6-11-25/h3,5-6,9-13,16-20,24,28H,4,7-8,14-15,21-23H2,1-2H3,(H,34,38)/t24-/m0/s1. The van der Waals surface area contributed by atoms with Crippen LogP contribution in [0.2, 0.25) is 0 Å². The van der Waals surface area contributed by atoms with Gasteiger partial charge in [0, 0.05) is 17.1 Å². The van der Waals surface area contributed by atoms with E-state index in [2.05, 4.69) is 21.2 Å². The van der Waals surface area contributed by atoms with Gasteiger partial charge in [-0.25, -0.2) is 8.42 Å². The summed E-state index contributed by atoms with van der Waals surface area (Å²) in [5.41, 5.74) is 2.16. The Hall–Kier alpha value is -3.37. The molecule has 42 heavy (non-hydrogen) atoms. The minimum atomic E-state index is -3.83. The molecule has 1 saturated carbocycles. The first-order valence-electron chi connectivity index (χ1n) is 14.2. The van der Waals surface area contributed by atoms with Crippen LogP contribution in [0.3, 0.4) is 0 Å². The molecule has 3 aromatic carbocycles. The number of sulfonamides is 1. The second-order valence-electron chi connectivity index (χ2n) is 10.7. The van der Waals surface area contributed by atoms with Gasteiger partial charge in [-0.1, -0.05) is 77.7 Å². The topological polar surface area (TPSA) is 96.0 Å². The minimum Gasteiger partial charge on any atom is -0.489 e. The molecule has 1 N–H and O–H groups in total. The highest BCUT2D eigenvalue weighted by molar-refractivity contribution is 9.10. The van der Waals surface area contributed by atoms with E-state index >= 15 is 0 Å². The van der Waals surface area contributed by atoms with E-state index < -0.39 is 28.5 Å². The SMILES string of the molecule is C[C@@H](C(=O)NC1CCCCC1)N(Cc1cccc(Br)c1)C(=O)CN(c1ccc(OCc2ccccc2)cc1)S(C)(=O)=O. The molecule has 224 valence electrons. The van der Waals surface area contributed by atoms with Crippen molar-refractivity contribution in [3.63, 3.8) is 0 Å². The molecule has 8 nitrogen and oxygen atoms in total. The van der Waals surface area contributed by atoms with Gasteiger partial charge in [0.25, 0.3) is 0 Å². The van der Waals surface area contributed by atoms with Crippen molar-refractivity contribution in [2.24, 2.45) is 0 Å². The molecule has 1 aliphatic rings. The molecule has 0 saturated heterocycles. The van der Waals surface area contributed by atoms with E-state index in [4.69, 9.17) is 4.74 Å². The number of amides is 2. The first-order chi connectivity index (χ1) is 20.1. The van der Waals surface area contributed by atoms with E-state index in [-0.39, 0.29) is 18.5 Å². The maximum absolute atomic E-state index is 13.8. The number of rotatable bonds is 12. The lowest BCUT2D eigenvalue weighted by Gasteiger charge is -2.33. The molecule has 3 aromatic rings. The van der Waals surface area contributed by atoms with Crippen molar-refractivity contribution in [1.29, 1.82) is 0 Å². The molecule has 0 unspecified atom stereocenters. The summed E-state index contributed by atoms with van der Waals surface area (Å²) in [6.07, 6.45) is 6.21. The van der Waals surface area contributed by atoms with Crippen LogP contribution >= 0.6 is 15.9 Å². The lowest BCUT2D eigenvalue weighted by atomic mass is 9.95. The van der Waals surface area contributed by atoms with Crippen molar-refractivity contribution < 1.29 is 22.7 Å². The van der Waals surface area contributed by atoms with Crippen LogP contribution in [0.5, 0.6) is 5.75 Å². The molecule has 10 heteroatoms. The van der Waals surface area contributed by atoms with Gasteiger partial charge in [0.15, 0.2) is 0 Å². The summed E-state index contributed by atoms with van der Waals surface area (Å²) >= 11 is 3.47. The zero-order valence-corrected chi connectivity index (χ0v) is 26.4. The maximum atomic E-state index is 13.8. The summed E-state index contributed by atoms with van der Waals surface area (Å²) in [6.45, 7) is 1.77. The van der Waals surface area contributed by atoms with Gasteiger partial charge >= 0.3 is 0 Å². The third-order valence-electron chi connectivity index (χ3n) is 7.41. The fraction of sp³-hybridized carbons (Fsp3) is 0.375. The Kier molecular flexibility index (Phi) is 11.0. The highest BCUT2D eigenvalue weighted by Gasteiger charge is 2.31. The van der Waals surface area contributed by atoms with Crippen molar-refractivity contribution >= 4 is 43.5 Å². The largest absolute Gasteiger partial charge is 0.489 e. The summed E-state index contributed by atoms with van der Waals surface area (Å²) in [6, 6.07) is 23.1. The van der Waals surface area contributed by atoms with E-state index in [9.17, 15) is 18.0 Å². The Balaban J connectivity index is 1.52. The number of nitrogens with zero attached hydrogens (tertiary/aromatic N) is 2. The van der Waals surface area contributed by atoms with Crippen molar-refractivity contribution in [2.45, 2.75) is 64.3 Å². The molecule has 2 amide bonds. The van der Waals surface area contributed by atoms with Gasteiger partial charge < -0.3 is 15.0 Å².